The van der Waals surface area contributed by atoms with Crippen molar-refractivity contribution in [2.75, 3.05) is 6.54 Å². The SMILES string of the molecule is C=C(Cl)CNS(=O)(=O)c1ccc(C)c(F)c1. The Balaban J connectivity index is 2.99. The number of hydrogen-bond donors (Lipinski definition) is 1. The van der Waals surface area contributed by atoms with Crippen molar-refractivity contribution in [1.82, 2.24) is 4.72 Å². The number of benzene rings is 1. The van der Waals surface area contributed by atoms with Gasteiger partial charge in [0.05, 0.1) is 4.90 Å². The van der Waals surface area contributed by atoms with Crippen molar-refractivity contribution in [3.8, 4) is 0 Å². The highest BCUT2D eigenvalue weighted by Crippen LogP contribution is 2.14. The first-order valence-corrected chi connectivity index (χ1v) is 6.28. The Hall–Kier alpha value is -0.910. The van der Waals surface area contributed by atoms with E-state index in [0.29, 0.717) is 5.56 Å². The monoisotopic (exact) mass is 263 g/mol. The van der Waals surface area contributed by atoms with Crippen LogP contribution in [-0.4, -0.2) is 15.0 Å². The summed E-state index contributed by atoms with van der Waals surface area (Å²) in [5, 5.41) is 0.163. The number of halogens is 2. The highest BCUT2D eigenvalue weighted by molar-refractivity contribution is 7.89. The van der Waals surface area contributed by atoms with E-state index in [1.54, 1.807) is 6.92 Å². The molecule has 0 aromatic heterocycles. The van der Waals surface area contributed by atoms with Gasteiger partial charge in [0.15, 0.2) is 0 Å². The lowest BCUT2D eigenvalue weighted by Gasteiger charge is -2.06. The Labute approximate surface area is 99.0 Å². The van der Waals surface area contributed by atoms with Gasteiger partial charge in [-0.05, 0) is 24.6 Å². The van der Waals surface area contributed by atoms with Crippen LogP contribution in [0.5, 0.6) is 0 Å². The minimum atomic E-state index is -3.73. The second kappa shape index (κ2) is 4.95. The Morgan fingerprint density at radius 1 is 1.56 bits per heavy atom. The number of nitrogens with one attached hydrogen (secondary N) is 1. The smallest absolute Gasteiger partial charge is 0.207 e. The summed E-state index contributed by atoms with van der Waals surface area (Å²) in [5.41, 5.74) is 0.390. The molecule has 88 valence electrons. The summed E-state index contributed by atoms with van der Waals surface area (Å²) < 4.78 is 38.6. The summed E-state index contributed by atoms with van der Waals surface area (Å²) in [5.74, 6) is -0.562. The van der Waals surface area contributed by atoms with Gasteiger partial charge in [-0.15, -0.1) is 0 Å². The molecule has 0 aliphatic carbocycles. The normalized spacial score (nSPS) is 11.4. The van der Waals surface area contributed by atoms with Crippen LogP contribution in [0.3, 0.4) is 0 Å². The lowest BCUT2D eigenvalue weighted by molar-refractivity contribution is 0.580. The highest BCUT2D eigenvalue weighted by atomic mass is 35.5. The molecule has 0 heterocycles. The molecule has 1 rings (SSSR count). The summed E-state index contributed by atoms with van der Waals surface area (Å²) in [6.45, 7) is 4.82. The van der Waals surface area contributed by atoms with Gasteiger partial charge in [0.25, 0.3) is 0 Å². The summed E-state index contributed by atoms with van der Waals surface area (Å²) in [4.78, 5) is -0.131. The maximum absolute atomic E-state index is 13.2. The molecule has 16 heavy (non-hydrogen) atoms. The van der Waals surface area contributed by atoms with Crippen molar-refractivity contribution in [1.29, 1.82) is 0 Å². The quantitative estimate of drug-likeness (QED) is 0.905. The predicted octanol–water partition coefficient (Wildman–Crippen LogP) is 2.16. The lowest BCUT2D eigenvalue weighted by atomic mass is 10.2. The fraction of sp³-hybridized carbons (Fsp3) is 0.200. The molecule has 0 radical (unpaired) electrons. The number of rotatable bonds is 4. The van der Waals surface area contributed by atoms with Crippen LogP contribution in [0, 0.1) is 12.7 Å². The van der Waals surface area contributed by atoms with Crippen LogP contribution in [0.4, 0.5) is 4.39 Å². The van der Waals surface area contributed by atoms with Crippen LogP contribution in [0.1, 0.15) is 5.56 Å². The summed E-state index contributed by atoms with van der Waals surface area (Å²) >= 11 is 5.43. The van der Waals surface area contributed by atoms with E-state index in [9.17, 15) is 12.8 Å². The molecule has 0 fully saturated rings. The molecule has 0 saturated carbocycles. The second-order valence-corrected chi connectivity index (χ2v) is 5.55. The Morgan fingerprint density at radius 3 is 2.69 bits per heavy atom. The molecule has 0 saturated heterocycles. The summed E-state index contributed by atoms with van der Waals surface area (Å²) in [6.07, 6.45) is 0. The molecular formula is C10H11ClFNO2S. The number of hydrogen-bond acceptors (Lipinski definition) is 2. The Kier molecular flexibility index (Phi) is 4.07. The molecule has 3 nitrogen and oxygen atoms in total. The summed E-state index contributed by atoms with van der Waals surface area (Å²) in [6, 6.07) is 3.70. The van der Waals surface area contributed by atoms with Crippen molar-refractivity contribution in [2.45, 2.75) is 11.8 Å². The molecule has 1 aromatic rings. The molecular weight excluding hydrogens is 253 g/mol. The molecule has 0 aliphatic rings. The fourth-order valence-corrected chi connectivity index (χ4v) is 2.18. The average Bonchev–Trinajstić information content (AvgIpc) is 2.19. The number of sulfonamides is 1. The first-order valence-electron chi connectivity index (χ1n) is 4.42. The van der Waals surface area contributed by atoms with Gasteiger partial charge < -0.3 is 0 Å². The fourth-order valence-electron chi connectivity index (χ4n) is 0.997. The van der Waals surface area contributed by atoms with Gasteiger partial charge >= 0.3 is 0 Å². The van der Waals surface area contributed by atoms with Gasteiger partial charge in [-0.2, -0.15) is 0 Å². The van der Waals surface area contributed by atoms with E-state index < -0.39 is 15.8 Å². The Bertz CT molecular complexity index is 514. The van der Waals surface area contributed by atoms with Crippen molar-refractivity contribution in [2.24, 2.45) is 0 Å². The van der Waals surface area contributed by atoms with Gasteiger partial charge in [-0.25, -0.2) is 17.5 Å². The van der Waals surface area contributed by atoms with Gasteiger partial charge in [-0.3, -0.25) is 0 Å². The van der Waals surface area contributed by atoms with Gasteiger partial charge in [0, 0.05) is 11.6 Å². The first-order chi connectivity index (χ1) is 7.33. The van der Waals surface area contributed by atoms with Crippen LogP contribution >= 0.6 is 11.6 Å². The minimum Gasteiger partial charge on any atom is -0.207 e. The predicted molar refractivity (Wildman–Crippen MR) is 61.3 cm³/mol. The van der Waals surface area contributed by atoms with Gasteiger partial charge in [0.1, 0.15) is 5.82 Å². The Morgan fingerprint density at radius 2 is 2.19 bits per heavy atom. The van der Waals surface area contributed by atoms with Gasteiger partial charge in [0.2, 0.25) is 10.0 Å². The molecule has 1 aromatic carbocycles. The molecule has 1 N–H and O–H groups in total. The third-order valence-electron chi connectivity index (χ3n) is 1.91. The van der Waals surface area contributed by atoms with E-state index in [-0.39, 0.29) is 16.5 Å². The van der Waals surface area contributed by atoms with Crippen molar-refractivity contribution >= 4 is 21.6 Å². The van der Waals surface area contributed by atoms with Crippen molar-refractivity contribution in [3.63, 3.8) is 0 Å². The maximum atomic E-state index is 13.2. The third-order valence-corrected chi connectivity index (χ3v) is 3.44. The molecule has 0 aliphatic heterocycles. The van der Waals surface area contributed by atoms with E-state index in [1.165, 1.54) is 12.1 Å². The number of aryl methyl sites for hydroxylation is 1. The zero-order valence-electron chi connectivity index (χ0n) is 8.63. The lowest BCUT2D eigenvalue weighted by Crippen LogP contribution is -2.24. The van der Waals surface area contributed by atoms with E-state index in [2.05, 4.69) is 11.3 Å². The van der Waals surface area contributed by atoms with Crippen LogP contribution in [0.15, 0.2) is 34.7 Å². The van der Waals surface area contributed by atoms with E-state index in [1.807, 2.05) is 0 Å². The van der Waals surface area contributed by atoms with Crippen LogP contribution in [0.25, 0.3) is 0 Å². The van der Waals surface area contributed by atoms with E-state index in [4.69, 9.17) is 11.6 Å². The first kappa shape index (κ1) is 13.2. The topological polar surface area (TPSA) is 46.2 Å². The summed E-state index contributed by atoms with van der Waals surface area (Å²) in [7, 11) is -3.73. The van der Waals surface area contributed by atoms with Crippen LogP contribution in [-0.2, 0) is 10.0 Å². The molecule has 0 bridgehead atoms. The minimum absolute atomic E-state index is 0.0839. The third kappa shape index (κ3) is 3.30. The second-order valence-electron chi connectivity index (χ2n) is 3.25. The van der Waals surface area contributed by atoms with Crippen LogP contribution < -0.4 is 4.72 Å². The van der Waals surface area contributed by atoms with Crippen LogP contribution in [0.2, 0.25) is 0 Å². The van der Waals surface area contributed by atoms with Crippen molar-refractivity contribution < 1.29 is 12.8 Å². The zero-order chi connectivity index (χ0) is 12.3. The standard InChI is InChI=1S/C10H11ClFNO2S/c1-7-3-4-9(5-10(7)12)16(14,15)13-6-8(2)11/h3-5,13H,2,6H2,1H3. The van der Waals surface area contributed by atoms with E-state index >= 15 is 0 Å². The molecule has 6 heteroatoms. The molecule has 0 amide bonds. The molecule has 0 atom stereocenters. The van der Waals surface area contributed by atoms with E-state index in [0.717, 1.165) is 6.07 Å². The van der Waals surface area contributed by atoms with Gasteiger partial charge in [-0.1, -0.05) is 24.2 Å². The molecule has 0 unspecified atom stereocenters. The zero-order valence-corrected chi connectivity index (χ0v) is 10.2. The maximum Gasteiger partial charge on any atom is 0.241 e. The molecule has 0 spiro atoms. The highest BCUT2D eigenvalue weighted by Gasteiger charge is 2.14. The average molecular weight is 264 g/mol. The van der Waals surface area contributed by atoms with Crippen molar-refractivity contribution in [3.05, 3.63) is 41.2 Å². The largest absolute Gasteiger partial charge is 0.241 e.